The van der Waals surface area contributed by atoms with E-state index in [1.54, 1.807) is 18.6 Å². The van der Waals surface area contributed by atoms with Crippen molar-refractivity contribution < 1.29 is 9.50 Å². The van der Waals surface area contributed by atoms with Crippen molar-refractivity contribution >= 4 is 11.3 Å². The number of halogens is 1. The predicted molar refractivity (Wildman–Crippen MR) is 60.9 cm³/mol. The van der Waals surface area contributed by atoms with Gasteiger partial charge in [0.05, 0.1) is 11.9 Å². The van der Waals surface area contributed by atoms with Crippen molar-refractivity contribution in [2.75, 3.05) is 0 Å². The largest absolute Gasteiger partial charge is 0.513 e. The second-order valence-corrected chi connectivity index (χ2v) is 4.10. The second kappa shape index (κ2) is 4.85. The summed E-state index contributed by atoms with van der Waals surface area (Å²) in [5, 5.41) is 10.4. The Bertz CT molecular complexity index is 496. The van der Waals surface area contributed by atoms with E-state index < -0.39 is 5.83 Å². The molecule has 0 spiro atoms. The molecular weight excluding hydrogens is 227 g/mol. The van der Waals surface area contributed by atoms with Gasteiger partial charge >= 0.3 is 0 Å². The Labute approximate surface area is 95.9 Å². The molecule has 2 aromatic heterocycles. The van der Waals surface area contributed by atoms with Crippen LogP contribution in [0.1, 0.15) is 4.88 Å². The van der Waals surface area contributed by atoms with E-state index in [4.69, 9.17) is 5.11 Å². The number of rotatable bonds is 3. The first-order valence-corrected chi connectivity index (χ1v) is 5.50. The number of aromatic nitrogens is 2. The van der Waals surface area contributed by atoms with Gasteiger partial charge in [-0.05, 0) is 11.4 Å². The maximum absolute atomic E-state index is 13.0. The first-order chi connectivity index (χ1) is 7.81. The molecule has 0 radical (unpaired) electrons. The molecule has 5 heteroatoms. The SMILES string of the molecule is O/C=C(\F)Cc1sccc1-c1cnccn1. The number of hydrogen-bond acceptors (Lipinski definition) is 4. The summed E-state index contributed by atoms with van der Waals surface area (Å²) >= 11 is 1.43. The maximum atomic E-state index is 13.0. The van der Waals surface area contributed by atoms with Gasteiger partial charge in [0.2, 0.25) is 0 Å². The van der Waals surface area contributed by atoms with Gasteiger partial charge in [0.15, 0.2) is 0 Å². The quantitative estimate of drug-likeness (QED) is 0.833. The minimum atomic E-state index is -0.562. The summed E-state index contributed by atoms with van der Waals surface area (Å²) in [5.74, 6) is -0.562. The third kappa shape index (κ3) is 2.25. The van der Waals surface area contributed by atoms with Gasteiger partial charge in [0, 0.05) is 29.3 Å². The highest BCUT2D eigenvalue weighted by Gasteiger charge is 2.09. The molecule has 0 bridgehead atoms. The van der Waals surface area contributed by atoms with Crippen LogP contribution >= 0.6 is 11.3 Å². The lowest BCUT2D eigenvalue weighted by atomic mass is 10.1. The van der Waals surface area contributed by atoms with E-state index in [9.17, 15) is 4.39 Å². The molecule has 82 valence electrons. The van der Waals surface area contributed by atoms with Gasteiger partial charge in [-0.1, -0.05) is 0 Å². The summed E-state index contributed by atoms with van der Waals surface area (Å²) in [7, 11) is 0. The van der Waals surface area contributed by atoms with E-state index in [1.807, 2.05) is 11.4 Å². The van der Waals surface area contributed by atoms with Crippen molar-refractivity contribution in [2.24, 2.45) is 0 Å². The Morgan fingerprint density at radius 2 is 2.38 bits per heavy atom. The molecule has 0 saturated carbocycles. The van der Waals surface area contributed by atoms with Gasteiger partial charge in [0.25, 0.3) is 0 Å². The predicted octanol–water partition coefficient (Wildman–Crippen LogP) is 3.12. The van der Waals surface area contributed by atoms with Crippen molar-refractivity contribution in [2.45, 2.75) is 6.42 Å². The van der Waals surface area contributed by atoms with Crippen molar-refractivity contribution in [1.29, 1.82) is 0 Å². The van der Waals surface area contributed by atoms with Crippen LogP contribution in [-0.2, 0) is 6.42 Å². The Morgan fingerprint density at radius 3 is 3.06 bits per heavy atom. The van der Waals surface area contributed by atoms with Crippen LogP contribution < -0.4 is 0 Å². The molecular formula is C11H9FN2OS. The minimum absolute atomic E-state index is 0.0834. The molecule has 0 saturated heterocycles. The van der Waals surface area contributed by atoms with Crippen molar-refractivity contribution in [3.8, 4) is 11.3 Å². The summed E-state index contributed by atoms with van der Waals surface area (Å²) < 4.78 is 13.0. The second-order valence-electron chi connectivity index (χ2n) is 3.10. The summed E-state index contributed by atoms with van der Waals surface area (Å²) in [5.41, 5.74) is 1.57. The van der Waals surface area contributed by atoms with E-state index >= 15 is 0 Å². The standard InChI is InChI=1S/C11H9FN2OS/c12-8(7-15)5-11-9(1-4-16-11)10-6-13-2-3-14-10/h1-4,6-7,15H,5H2/b8-7-. The lowest BCUT2D eigenvalue weighted by Crippen LogP contribution is -1.88. The smallest absolute Gasteiger partial charge is 0.139 e. The highest BCUT2D eigenvalue weighted by Crippen LogP contribution is 2.28. The summed E-state index contributed by atoms with van der Waals surface area (Å²) in [6.45, 7) is 0. The first kappa shape index (κ1) is 10.8. The normalized spacial score (nSPS) is 11.7. The zero-order valence-corrected chi connectivity index (χ0v) is 9.12. The average molecular weight is 236 g/mol. The summed E-state index contributed by atoms with van der Waals surface area (Å²) in [4.78, 5) is 8.94. The lowest BCUT2D eigenvalue weighted by molar-refractivity contribution is 0.436. The maximum Gasteiger partial charge on any atom is 0.139 e. The molecule has 0 fully saturated rings. The molecule has 16 heavy (non-hydrogen) atoms. The molecule has 2 rings (SSSR count). The molecule has 0 atom stereocenters. The van der Waals surface area contributed by atoms with Gasteiger partial charge in [-0.15, -0.1) is 11.3 Å². The van der Waals surface area contributed by atoms with Crippen LogP contribution in [0.2, 0.25) is 0 Å². The van der Waals surface area contributed by atoms with Gasteiger partial charge in [-0.3, -0.25) is 9.97 Å². The number of aliphatic hydroxyl groups is 1. The topological polar surface area (TPSA) is 46.0 Å². The molecule has 0 aliphatic rings. The van der Waals surface area contributed by atoms with E-state index in [-0.39, 0.29) is 6.42 Å². The molecule has 2 heterocycles. The molecule has 0 amide bonds. The van der Waals surface area contributed by atoms with E-state index in [0.717, 1.165) is 10.4 Å². The highest BCUT2D eigenvalue weighted by molar-refractivity contribution is 7.10. The van der Waals surface area contributed by atoms with E-state index in [1.165, 1.54) is 11.3 Å². The number of allylic oxidation sites excluding steroid dienone is 1. The van der Waals surface area contributed by atoms with Crippen LogP contribution in [-0.4, -0.2) is 15.1 Å². The molecule has 2 aromatic rings. The van der Waals surface area contributed by atoms with Gasteiger partial charge in [-0.2, -0.15) is 0 Å². The zero-order chi connectivity index (χ0) is 11.4. The summed E-state index contributed by atoms with van der Waals surface area (Å²) in [6.07, 6.45) is 5.38. The molecule has 0 aliphatic carbocycles. The minimum Gasteiger partial charge on any atom is -0.513 e. The first-order valence-electron chi connectivity index (χ1n) is 4.63. The molecule has 0 unspecified atom stereocenters. The number of aliphatic hydroxyl groups excluding tert-OH is 1. The molecule has 1 N–H and O–H groups in total. The fourth-order valence-corrected chi connectivity index (χ4v) is 2.23. The molecule has 0 aromatic carbocycles. The monoisotopic (exact) mass is 236 g/mol. The lowest BCUT2D eigenvalue weighted by Gasteiger charge is -2.00. The highest BCUT2D eigenvalue weighted by atomic mass is 32.1. The van der Waals surface area contributed by atoms with Crippen LogP contribution in [0.15, 0.2) is 42.1 Å². The van der Waals surface area contributed by atoms with Gasteiger partial charge in [-0.25, -0.2) is 4.39 Å². The van der Waals surface area contributed by atoms with Crippen molar-refractivity contribution in [1.82, 2.24) is 9.97 Å². The summed E-state index contributed by atoms with van der Waals surface area (Å²) in [6, 6.07) is 1.87. The third-order valence-corrected chi connectivity index (χ3v) is 2.97. The van der Waals surface area contributed by atoms with Crippen LogP contribution in [0.4, 0.5) is 4.39 Å². The number of thiophene rings is 1. The van der Waals surface area contributed by atoms with Crippen LogP contribution in [0.3, 0.4) is 0 Å². The molecule has 3 nitrogen and oxygen atoms in total. The Balaban J connectivity index is 2.33. The Hall–Kier alpha value is -1.75. The zero-order valence-electron chi connectivity index (χ0n) is 8.30. The Kier molecular flexibility index (Phi) is 3.26. The fourth-order valence-electron chi connectivity index (χ4n) is 1.34. The van der Waals surface area contributed by atoms with Crippen LogP contribution in [0, 0.1) is 0 Å². The Morgan fingerprint density at radius 1 is 1.50 bits per heavy atom. The number of nitrogens with zero attached hydrogens (tertiary/aromatic N) is 2. The van der Waals surface area contributed by atoms with Crippen molar-refractivity contribution in [3.63, 3.8) is 0 Å². The number of hydrogen-bond donors (Lipinski definition) is 1. The van der Waals surface area contributed by atoms with Crippen molar-refractivity contribution in [3.05, 3.63) is 47.0 Å². The van der Waals surface area contributed by atoms with E-state index in [0.29, 0.717) is 12.0 Å². The molecule has 0 aliphatic heterocycles. The third-order valence-electron chi connectivity index (χ3n) is 2.05. The van der Waals surface area contributed by atoms with Gasteiger partial charge in [0.1, 0.15) is 12.1 Å². The van der Waals surface area contributed by atoms with Gasteiger partial charge < -0.3 is 5.11 Å². The average Bonchev–Trinajstić information content (AvgIpc) is 2.78. The van der Waals surface area contributed by atoms with Crippen LogP contribution in [0.5, 0.6) is 0 Å². The fraction of sp³-hybridized carbons (Fsp3) is 0.0909. The van der Waals surface area contributed by atoms with Crippen LogP contribution in [0.25, 0.3) is 11.3 Å². The van der Waals surface area contributed by atoms with E-state index in [2.05, 4.69) is 9.97 Å².